The molecule has 0 radical (unpaired) electrons. The summed E-state index contributed by atoms with van der Waals surface area (Å²) in [7, 11) is 2.24. The number of carboxylic acids is 1. The molecule has 89 heavy (non-hydrogen) atoms. The van der Waals surface area contributed by atoms with E-state index in [4.69, 9.17) is 29.6 Å². The summed E-state index contributed by atoms with van der Waals surface area (Å²) in [5.74, 6) is -0.706. The van der Waals surface area contributed by atoms with E-state index in [1.807, 2.05) is 41.4 Å². The van der Waals surface area contributed by atoms with Crippen LogP contribution < -0.4 is 20.3 Å². The van der Waals surface area contributed by atoms with Gasteiger partial charge in [0.25, 0.3) is 11.8 Å². The van der Waals surface area contributed by atoms with Crippen LogP contribution in [-0.4, -0.2) is 126 Å². The van der Waals surface area contributed by atoms with Gasteiger partial charge in [-0.1, -0.05) is 108 Å². The Kier molecular flexibility index (Phi) is 18.1. The van der Waals surface area contributed by atoms with Gasteiger partial charge in [0.1, 0.15) is 17.6 Å². The third-order valence-corrected chi connectivity index (χ3v) is 21.0. The van der Waals surface area contributed by atoms with Crippen LogP contribution in [-0.2, 0) is 27.3 Å². The number of aromatic nitrogens is 6. The van der Waals surface area contributed by atoms with Crippen LogP contribution >= 0.6 is 11.3 Å². The smallest absolute Gasteiger partial charge is 0.355 e. The molecule has 19 nitrogen and oxygen atoms in total. The molecule has 3 aliphatic heterocycles. The molecule has 13 rings (SSSR count). The first-order valence-corrected chi connectivity index (χ1v) is 33.6. The van der Waals surface area contributed by atoms with E-state index in [9.17, 15) is 29.1 Å². The standard InChI is InChI=1S/C69H87N11O8S/c1-45-48-22-21-32-78(60(48)76-75-59(45)74-65-71-53-23-17-18-24-55(53)89-65)56-29-27-49(58(72-56)64(85)86)52-37-70-79(46(52)2)44-68-39-66(3)38-67(4,40-68)42-69(41-66,43-68)88-35-33-77(5)31-19-15-13-11-9-7-6-8-10-12-14-16-20-34-87-47-25-26-50-51(36-47)63(84)80(62(50)83)54-28-30-57(81)73-61(54)82/h17-18,23-27,29,36-37,54H,6-16,19-22,28,30-35,38-44H2,1-5H3,(H,85,86)(H,71,74,75)(H,73,81,82). The zero-order valence-corrected chi connectivity index (χ0v) is 53.4. The second-order valence-corrected chi connectivity index (χ2v) is 28.7. The number of benzene rings is 2. The number of carboxylic acid groups (broad SMARTS) is 1. The fourth-order valence-electron chi connectivity index (χ4n) is 17.0. The second kappa shape index (κ2) is 26.0. The lowest BCUT2D eigenvalue weighted by Crippen LogP contribution is -2.64. The van der Waals surface area contributed by atoms with E-state index in [2.05, 4.69) is 66.1 Å². The summed E-state index contributed by atoms with van der Waals surface area (Å²) in [6.07, 6.45) is 26.3. The predicted molar refractivity (Wildman–Crippen MR) is 343 cm³/mol. The van der Waals surface area contributed by atoms with Crippen molar-refractivity contribution in [2.75, 3.05) is 50.1 Å². The topological polar surface area (TPSA) is 227 Å². The van der Waals surface area contributed by atoms with Crippen molar-refractivity contribution in [1.29, 1.82) is 0 Å². The average molecular weight is 1230 g/mol. The van der Waals surface area contributed by atoms with E-state index >= 15 is 0 Å². The molecule has 7 aliphatic rings. The Bertz CT molecular complexity index is 3600. The molecule has 7 heterocycles. The van der Waals surface area contributed by atoms with Crippen LogP contribution in [0.15, 0.2) is 60.8 Å². The van der Waals surface area contributed by atoms with Crippen molar-refractivity contribution in [1.82, 2.24) is 45.1 Å². The molecule has 4 saturated carbocycles. The molecule has 20 heteroatoms. The Morgan fingerprint density at radius 1 is 0.764 bits per heavy atom. The highest BCUT2D eigenvalue weighted by atomic mass is 32.1. The number of likely N-dealkylation sites (N-methyl/N-ethyl adjacent to an activating group) is 1. The van der Waals surface area contributed by atoms with Gasteiger partial charge in [-0.25, -0.2) is 14.8 Å². The summed E-state index contributed by atoms with van der Waals surface area (Å²) in [5.41, 5.74) is 6.02. The average Bonchev–Trinajstić information content (AvgIpc) is 0.815. The van der Waals surface area contributed by atoms with Crippen LogP contribution in [0.2, 0.25) is 0 Å². The summed E-state index contributed by atoms with van der Waals surface area (Å²) in [6, 6.07) is 15.8. The van der Waals surface area contributed by atoms with Gasteiger partial charge in [-0.05, 0) is 157 Å². The fourth-order valence-corrected chi connectivity index (χ4v) is 17.8. The first kappa shape index (κ1) is 62.1. The first-order valence-electron chi connectivity index (χ1n) is 32.7. The Balaban J connectivity index is 0.546. The normalized spacial score (nSPS) is 23.6. The molecular weight excluding hydrogens is 1140 g/mol. The van der Waals surface area contributed by atoms with E-state index in [0.29, 0.717) is 41.9 Å². The van der Waals surface area contributed by atoms with Crippen molar-refractivity contribution < 1.29 is 38.6 Å². The van der Waals surface area contributed by atoms with E-state index in [-0.39, 0.29) is 51.5 Å². The third kappa shape index (κ3) is 13.4. The van der Waals surface area contributed by atoms with Crippen molar-refractivity contribution in [2.45, 2.75) is 194 Å². The molecule has 4 amide bonds. The van der Waals surface area contributed by atoms with Crippen molar-refractivity contribution in [3.8, 4) is 16.9 Å². The molecule has 6 aromatic rings. The van der Waals surface area contributed by atoms with Gasteiger partial charge in [0, 0.05) is 54.0 Å². The van der Waals surface area contributed by atoms with Crippen LogP contribution in [0.5, 0.6) is 5.75 Å². The minimum atomic E-state index is -1.08. The van der Waals surface area contributed by atoms with Crippen molar-refractivity contribution in [3.63, 3.8) is 0 Å². The van der Waals surface area contributed by atoms with Crippen molar-refractivity contribution >= 4 is 73.7 Å². The number of ether oxygens (including phenoxy) is 2. The number of amides is 4. The van der Waals surface area contributed by atoms with Crippen molar-refractivity contribution in [2.24, 2.45) is 16.2 Å². The highest BCUT2D eigenvalue weighted by molar-refractivity contribution is 7.22. The maximum Gasteiger partial charge on any atom is 0.355 e. The molecule has 0 spiro atoms. The number of hydrogen-bond acceptors (Lipinski definition) is 16. The van der Waals surface area contributed by atoms with E-state index < -0.39 is 35.6 Å². The molecule has 4 bridgehead atoms. The zero-order valence-electron chi connectivity index (χ0n) is 52.6. The molecular formula is C69H87N11O8S. The Hall–Kier alpha value is -7.16. The molecule has 3 N–H and O–H groups in total. The number of para-hydroxylation sites is 1. The molecule has 472 valence electrons. The number of rotatable bonds is 29. The largest absolute Gasteiger partial charge is 0.494 e. The molecule has 2 aromatic carbocycles. The highest BCUT2D eigenvalue weighted by Crippen LogP contribution is 2.72. The molecule has 1 saturated heterocycles. The number of fused-ring (bicyclic) bond motifs is 3. The Labute approximate surface area is 526 Å². The number of nitrogens with one attached hydrogen (secondary N) is 2. The Morgan fingerprint density at radius 3 is 2.18 bits per heavy atom. The summed E-state index contributed by atoms with van der Waals surface area (Å²) in [6.45, 7) is 13.8. The maximum absolute atomic E-state index is 13.1. The number of thiazole rings is 1. The van der Waals surface area contributed by atoms with Crippen LogP contribution in [0, 0.1) is 30.1 Å². The lowest BCUT2D eigenvalue weighted by Gasteiger charge is -2.69. The monoisotopic (exact) mass is 1230 g/mol. The summed E-state index contributed by atoms with van der Waals surface area (Å²) in [5, 5.41) is 31.4. The molecule has 3 unspecified atom stereocenters. The van der Waals surface area contributed by atoms with Crippen LogP contribution in [0.25, 0.3) is 21.3 Å². The van der Waals surface area contributed by atoms with Gasteiger partial charge in [0.2, 0.25) is 11.8 Å². The lowest BCUT2D eigenvalue weighted by atomic mass is 9.39. The quantitative estimate of drug-likeness (QED) is 0.0293. The molecule has 4 aromatic heterocycles. The number of anilines is 4. The van der Waals surface area contributed by atoms with Crippen LogP contribution in [0.1, 0.15) is 203 Å². The third-order valence-electron chi connectivity index (χ3n) is 20.0. The number of piperidine rings is 1. The Morgan fingerprint density at radius 2 is 1.46 bits per heavy atom. The highest BCUT2D eigenvalue weighted by Gasteiger charge is 2.66. The second-order valence-electron chi connectivity index (χ2n) is 27.6. The molecule has 5 fully saturated rings. The lowest BCUT2D eigenvalue weighted by molar-refractivity contribution is -0.248. The fraction of sp³-hybridized carbons (Fsp3) is 0.565. The van der Waals surface area contributed by atoms with Gasteiger partial charge >= 0.3 is 5.97 Å². The van der Waals surface area contributed by atoms with Crippen molar-refractivity contribution in [3.05, 3.63) is 94.4 Å². The van der Waals surface area contributed by atoms with Gasteiger partial charge in [0.15, 0.2) is 22.5 Å². The van der Waals surface area contributed by atoms with E-state index in [1.165, 1.54) is 70.6 Å². The van der Waals surface area contributed by atoms with Gasteiger partial charge in [-0.15, -0.1) is 10.2 Å². The number of aromatic carboxylic acids is 1. The molecule has 3 atom stereocenters. The number of carbonyl (C=O) groups is 5. The number of imide groups is 2. The number of hydrogen-bond donors (Lipinski definition) is 3. The number of nitrogens with zero attached hydrogens (tertiary/aromatic N) is 9. The van der Waals surface area contributed by atoms with Gasteiger partial charge < -0.3 is 29.7 Å². The van der Waals surface area contributed by atoms with Gasteiger partial charge in [-0.3, -0.25) is 34.1 Å². The summed E-state index contributed by atoms with van der Waals surface area (Å²) in [4.78, 5) is 78.2. The minimum Gasteiger partial charge on any atom is -0.494 e. The zero-order chi connectivity index (χ0) is 62.1. The SMILES string of the molecule is Cc1c(Nc2nc3ccccc3s2)nnc2c1CCCN2c1ccc(-c2cnn(CC34CC5(C)CC(C)(C3)CC(OCCN(C)CCCCCCCCCCCCCCCOc3ccc6c(c3)C(=O)N(C3CCC(=O)NC3=O)C6=O)(C5)C4)c2C)c(C(=O)O)n1. The van der Waals surface area contributed by atoms with Gasteiger partial charge in [0.05, 0.1) is 46.4 Å². The van der Waals surface area contributed by atoms with Crippen LogP contribution in [0.3, 0.4) is 0 Å². The van der Waals surface area contributed by atoms with E-state index in [0.717, 1.165) is 133 Å². The number of pyridine rings is 1. The first-order chi connectivity index (χ1) is 42.9. The summed E-state index contributed by atoms with van der Waals surface area (Å²) < 4.78 is 16.3. The predicted octanol–water partition coefficient (Wildman–Crippen LogP) is 13.1. The summed E-state index contributed by atoms with van der Waals surface area (Å²) >= 11 is 1.58. The number of unbranched alkanes of at least 4 members (excludes halogenated alkanes) is 12. The van der Waals surface area contributed by atoms with E-state index in [1.54, 1.807) is 29.5 Å². The number of carbonyl (C=O) groups excluding carboxylic acids is 4. The molecule has 4 aliphatic carbocycles. The minimum absolute atomic E-state index is 0.00328. The maximum atomic E-state index is 13.1. The van der Waals surface area contributed by atoms with Crippen LogP contribution in [0.4, 0.5) is 22.6 Å². The van der Waals surface area contributed by atoms with Gasteiger partial charge in [-0.2, -0.15) is 5.10 Å².